The highest BCUT2D eigenvalue weighted by Crippen LogP contribution is 2.50. The van der Waals surface area contributed by atoms with Crippen LogP contribution in [0.25, 0.3) is 0 Å². The van der Waals surface area contributed by atoms with Crippen LogP contribution in [0.5, 0.6) is 11.5 Å². The van der Waals surface area contributed by atoms with Crippen molar-refractivity contribution in [3.8, 4) is 11.5 Å². The normalized spacial score (nSPS) is 18.7. The molecule has 1 saturated carbocycles. The zero-order chi connectivity index (χ0) is 12.7. The van der Waals surface area contributed by atoms with E-state index < -0.39 is 5.97 Å². The molecule has 0 aromatic heterocycles. The van der Waals surface area contributed by atoms with Crippen molar-refractivity contribution >= 4 is 5.97 Å². The van der Waals surface area contributed by atoms with Crippen LogP contribution in [0.1, 0.15) is 36.3 Å². The molecular weight excluding hydrogens is 232 g/mol. The Morgan fingerprint density at radius 3 is 2.89 bits per heavy atom. The minimum absolute atomic E-state index is 0.0536. The summed E-state index contributed by atoms with van der Waals surface area (Å²) in [6.07, 6.45) is 2.40. The number of carboxylic acids is 1. The molecule has 1 unspecified atom stereocenters. The Morgan fingerprint density at radius 2 is 2.22 bits per heavy atom. The van der Waals surface area contributed by atoms with Gasteiger partial charge in [0, 0.05) is 11.5 Å². The first-order valence-electron chi connectivity index (χ1n) is 6.27. The van der Waals surface area contributed by atoms with Crippen LogP contribution in [-0.4, -0.2) is 17.9 Å². The van der Waals surface area contributed by atoms with Crippen LogP contribution in [-0.2, 0) is 4.79 Å². The van der Waals surface area contributed by atoms with Gasteiger partial charge in [-0.3, -0.25) is 4.79 Å². The molecular formula is C14H16O4. The quantitative estimate of drug-likeness (QED) is 0.890. The molecule has 1 N–H and O–H groups in total. The molecule has 3 rings (SSSR count). The minimum atomic E-state index is -0.749. The van der Waals surface area contributed by atoms with Crippen molar-refractivity contribution in [1.82, 2.24) is 0 Å². The first kappa shape index (κ1) is 11.4. The van der Waals surface area contributed by atoms with Crippen molar-refractivity contribution in [3.63, 3.8) is 0 Å². The predicted octanol–water partition coefficient (Wildman–Crippen LogP) is 2.69. The van der Waals surface area contributed by atoms with Gasteiger partial charge in [-0.2, -0.15) is 0 Å². The van der Waals surface area contributed by atoms with Crippen molar-refractivity contribution in [2.45, 2.75) is 32.1 Å². The Morgan fingerprint density at radius 1 is 1.44 bits per heavy atom. The highest BCUT2D eigenvalue weighted by atomic mass is 16.7. The number of rotatable bonds is 4. The molecule has 1 atom stereocenters. The molecule has 1 aromatic carbocycles. The fourth-order valence-electron chi connectivity index (χ4n) is 2.67. The summed E-state index contributed by atoms with van der Waals surface area (Å²) in [6, 6.07) is 3.98. The lowest BCUT2D eigenvalue weighted by Gasteiger charge is -2.17. The van der Waals surface area contributed by atoms with Crippen LogP contribution < -0.4 is 9.47 Å². The maximum Gasteiger partial charge on any atom is 0.303 e. The number of carbonyl (C=O) groups is 1. The summed E-state index contributed by atoms with van der Waals surface area (Å²) in [7, 11) is 0. The number of ether oxygens (including phenoxy) is 2. The third-order valence-electron chi connectivity index (χ3n) is 3.63. The third-order valence-corrected chi connectivity index (χ3v) is 3.63. The molecule has 1 aliphatic carbocycles. The van der Waals surface area contributed by atoms with Crippen molar-refractivity contribution in [2.24, 2.45) is 5.92 Å². The molecule has 4 nitrogen and oxygen atoms in total. The topological polar surface area (TPSA) is 55.8 Å². The summed E-state index contributed by atoms with van der Waals surface area (Å²) < 4.78 is 10.9. The maximum absolute atomic E-state index is 11.0. The SMILES string of the molecule is Cc1cc2c(c(C(CC(=O)O)C3CC3)c1)OCO2. The summed E-state index contributed by atoms with van der Waals surface area (Å²) in [5.74, 6) is 1.29. The van der Waals surface area contributed by atoms with Gasteiger partial charge in [0.1, 0.15) is 0 Å². The second-order valence-corrected chi connectivity index (χ2v) is 5.13. The highest BCUT2D eigenvalue weighted by molar-refractivity contribution is 5.69. The van der Waals surface area contributed by atoms with Crippen molar-refractivity contribution < 1.29 is 19.4 Å². The monoisotopic (exact) mass is 248 g/mol. The lowest BCUT2D eigenvalue weighted by Crippen LogP contribution is -2.09. The summed E-state index contributed by atoms with van der Waals surface area (Å²) in [5, 5.41) is 9.07. The van der Waals surface area contributed by atoms with Gasteiger partial charge in [-0.1, -0.05) is 6.07 Å². The number of aliphatic carboxylic acids is 1. The van der Waals surface area contributed by atoms with Gasteiger partial charge in [-0.25, -0.2) is 0 Å². The van der Waals surface area contributed by atoms with Gasteiger partial charge in [0.25, 0.3) is 0 Å². The zero-order valence-corrected chi connectivity index (χ0v) is 10.3. The smallest absolute Gasteiger partial charge is 0.303 e. The van der Waals surface area contributed by atoms with E-state index in [4.69, 9.17) is 14.6 Å². The van der Waals surface area contributed by atoms with E-state index in [0.717, 1.165) is 35.5 Å². The minimum Gasteiger partial charge on any atom is -0.481 e. The van der Waals surface area contributed by atoms with Gasteiger partial charge in [-0.05, 0) is 37.3 Å². The molecule has 1 aromatic rings. The second kappa shape index (κ2) is 4.19. The molecule has 18 heavy (non-hydrogen) atoms. The molecule has 1 fully saturated rings. The second-order valence-electron chi connectivity index (χ2n) is 5.13. The molecule has 0 saturated heterocycles. The van der Waals surface area contributed by atoms with Gasteiger partial charge in [0.15, 0.2) is 11.5 Å². The Bertz CT molecular complexity index is 491. The number of carboxylic acid groups (broad SMARTS) is 1. The summed E-state index contributed by atoms with van der Waals surface area (Å²) in [5.41, 5.74) is 2.10. The van der Waals surface area contributed by atoms with Gasteiger partial charge in [-0.15, -0.1) is 0 Å². The van der Waals surface area contributed by atoms with E-state index in [1.807, 2.05) is 19.1 Å². The lowest BCUT2D eigenvalue weighted by molar-refractivity contribution is -0.137. The van der Waals surface area contributed by atoms with E-state index in [2.05, 4.69) is 0 Å². The summed E-state index contributed by atoms with van der Waals surface area (Å²) >= 11 is 0. The Balaban J connectivity index is 2.00. The van der Waals surface area contributed by atoms with Crippen LogP contribution in [0, 0.1) is 12.8 Å². The van der Waals surface area contributed by atoms with Gasteiger partial charge in [0.05, 0.1) is 6.42 Å². The lowest BCUT2D eigenvalue weighted by atomic mass is 9.89. The molecule has 2 aliphatic rings. The van der Waals surface area contributed by atoms with E-state index >= 15 is 0 Å². The highest BCUT2D eigenvalue weighted by Gasteiger charge is 2.37. The Kier molecular flexibility index (Phi) is 2.65. The largest absolute Gasteiger partial charge is 0.481 e. The van der Waals surface area contributed by atoms with Crippen molar-refractivity contribution in [1.29, 1.82) is 0 Å². The number of hydrogen-bond donors (Lipinski definition) is 1. The standard InChI is InChI=1S/C14H16O4/c1-8-4-11(14-12(5-8)17-7-18-14)10(6-13(15)16)9-2-3-9/h4-5,9-10H,2-3,6-7H2,1H3,(H,15,16). The Labute approximate surface area is 106 Å². The van der Waals surface area contributed by atoms with Crippen molar-refractivity contribution in [3.05, 3.63) is 23.3 Å². The molecule has 0 radical (unpaired) electrons. The first-order valence-corrected chi connectivity index (χ1v) is 6.27. The number of benzene rings is 1. The molecule has 0 amide bonds. The van der Waals surface area contributed by atoms with Gasteiger partial charge in [0.2, 0.25) is 6.79 Å². The fraction of sp³-hybridized carbons (Fsp3) is 0.500. The van der Waals surface area contributed by atoms with E-state index in [-0.39, 0.29) is 19.1 Å². The summed E-state index contributed by atoms with van der Waals surface area (Å²) in [6.45, 7) is 2.23. The van der Waals surface area contributed by atoms with Crippen LogP contribution in [0.3, 0.4) is 0 Å². The molecule has 4 heteroatoms. The fourth-order valence-corrected chi connectivity index (χ4v) is 2.67. The summed E-state index contributed by atoms with van der Waals surface area (Å²) in [4.78, 5) is 11.0. The number of aryl methyl sites for hydroxylation is 1. The average Bonchev–Trinajstić information content (AvgIpc) is 3.04. The van der Waals surface area contributed by atoms with Crippen LogP contribution >= 0.6 is 0 Å². The third kappa shape index (κ3) is 2.03. The zero-order valence-electron chi connectivity index (χ0n) is 10.3. The maximum atomic E-state index is 11.0. The van der Waals surface area contributed by atoms with Crippen LogP contribution in [0.2, 0.25) is 0 Å². The number of fused-ring (bicyclic) bond motifs is 1. The molecule has 1 aliphatic heterocycles. The van der Waals surface area contributed by atoms with Crippen molar-refractivity contribution in [2.75, 3.05) is 6.79 Å². The molecule has 1 heterocycles. The van der Waals surface area contributed by atoms with Crippen LogP contribution in [0.15, 0.2) is 12.1 Å². The first-order chi connectivity index (χ1) is 8.65. The Hall–Kier alpha value is -1.71. The van der Waals surface area contributed by atoms with E-state index in [9.17, 15) is 4.79 Å². The predicted molar refractivity (Wildman–Crippen MR) is 65.0 cm³/mol. The van der Waals surface area contributed by atoms with E-state index in [0.29, 0.717) is 5.92 Å². The molecule has 0 spiro atoms. The van der Waals surface area contributed by atoms with Crippen LogP contribution in [0.4, 0.5) is 0 Å². The van der Waals surface area contributed by atoms with Gasteiger partial charge < -0.3 is 14.6 Å². The van der Waals surface area contributed by atoms with E-state index in [1.54, 1.807) is 0 Å². The number of hydrogen-bond acceptors (Lipinski definition) is 3. The average molecular weight is 248 g/mol. The molecule has 96 valence electrons. The van der Waals surface area contributed by atoms with E-state index in [1.165, 1.54) is 0 Å². The molecule has 0 bridgehead atoms. The van der Waals surface area contributed by atoms with Gasteiger partial charge >= 0.3 is 5.97 Å².